The first-order chi connectivity index (χ1) is 7.70. The van der Waals surface area contributed by atoms with Gasteiger partial charge in [-0.05, 0) is 11.6 Å². The van der Waals surface area contributed by atoms with Gasteiger partial charge in [-0.1, -0.05) is 17.7 Å². The zero-order chi connectivity index (χ0) is 13.2. The van der Waals surface area contributed by atoms with E-state index in [1.54, 1.807) is 0 Å². The second-order valence-electron chi connectivity index (χ2n) is 3.39. The van der Waals surface area contributed by atoms with Crippen molar-refractivity contribution in [1.82, 2.24) is 0 Å². The standard InChI is InChI=1S/C9H8ClF3N2O2/c10-6-2-1-5(3-8(6)15(16)17)7(14)4-9(11,12)13/h1-3,7H,4,14H2/t7-/m0/s1. The Labute approximate surface area is 99.3 Å². The largest absolute Gasteiger partial charge is 0.390 e. The molecule has 0 amide bonds. The summed E-state index contributed by atoms with van der Waals surface area (Å²) in [6.45, 7) is 0. The Balaban J connectivity index is 3.00. The van der Waals surface area contributed by atoms with Crippen LogP contribution in [0.1, 0.15) is 18.0 Å². The number of hydrogen-bond donors (Lipinski definition) is 1. The molecule has 94 valence electrons. The average molecular weight is 269 g/mol. The minimum atomic E-state index is -4.42. The number of alkyl halides is 3. The lowest BCUT2D eigenvalue weighted by atomic mass is 10.0. The molecule has 0 radical (unpaired) electrons. The van der Waals surface area contributed by atoms with Gasteiger partial charge in [-0.2, -0.15) is 13.2 Å². The lowest BCUT2D eigenvalue weighted by Gasteiger charge is -2.14. The quantitative estimate of drug-likeness (QED) is 0.676. The molecule has 0 heterocycles. The summed E-state index contributed by atoms with van der Waals surface area (Å²) in [5.74, 6) is 0. The van der Waals surface area contributed by atoms with Gasteiger partial charge in [-0.25, -0.2) is 0 Å². The summed E-state index contributed by atoms with van der Waals surface area (Å²) < 4.78 is 36.3. The molecule has 0 unspecified atom stereocenters. The van der Waals surface area contributed by atoms with Crippen molar-refractivity contribution in [2.45, 2.75) is 18.6 Å². The predicted molar refractivity (Wildman–Crippen MR) is 55.7 cm³/mol. The maximum Gasteiger partial charge on any atom is 0.390 e. The van der Waals surface area contributed by atoms with E-state index in [0.717, 1.165) is 12.1 Å². The molecule has 0 aromatic heterocycles. The van der Waals surface area contributed by atoms with Crippen LogP contribution in [0.5, 0.6) is 0 Å². The molecule has 0 saturated heterocycles. The van der Waals surface area contributed by atoms with Crippen molar-refractivity contribution in [1.29, 1.82) is 0 Å². The van der Waals surface area contributed by atoms with E-state index >= 15 is 0 Å². The molecule has 0 spiro atoms. The molecular formula is C9H8ClF3N2O2. The van der Waals surface area contributed by atoms with Gasteiger partial charge in [0.25, 0.3) is 5.69 Å². The van der Waals surface area contributed by atoms with Crippen molar-refractivity contribution in [3.63, 3.8) is 0 Å². The summed E-state index contributed by atoms with van der Waals surface area (Å²) in [6, 6.07) is 2.02. The molecule has 0 aliphatic carbocycles. The number of rotatable bonds is 3. The van der Waals surface area contributed by atoms with E-state index < -0.39 is 29.2 Å². The fourth-order valence-electron chi connectivity index (χ4n) is 1.27. The molecule has 0 fully saturated rings. The van der Waals surface area contributed by atoms with Gasteiger partial charge in [0, 0.05) is 12.1 Å². The Hall–Kier alpha value is -1.34. The Kier molecular flexibility index (Phi) is 3.94. The van der Waals surface area contributed by atoms with E-state index in [9.17, 15) is 23.3 Å². The predicted octanol–water partition coefficient (Wildman–Crippen LogP) is 3.20. The smallest absolute Gasteiger partial charge is 0.324 e. The SMILES string of the molecule is N[C@@H](CC(F)(F)F)c1ccc(Cl)c([N+](=O)[O-])c1. The molecular weight excluding hydrogens is 261 g/mol. The first-order valence-electron chi connectivity index (χ1n) is 4.47. The number of nitrogens with zero attached hydrogens (tertiary/aromatic N) is 1. The van der Waals surface area contributed by atoms with Crippen LogP contribution in [0.3, 0.4) is 0 Å². The van der Waals surface area contributed by atoms with Crippen molar-refractivity contribution in [3.8, 4) is 0 Å². The molecule has 4 nitrogen and oxygen atoms in total. The third-order valence-electron chi connectivity index (χ3n) is 2.05. The third kappa shape index (κ3) is 3.86. The van der Waals surface area contributed by atoms with Crippen LogP contribution >= 0.6 is 11.6 Å². The molecule has 2 N–H and O–H groups in total. The molecule has 1 rings (SSSR count). The highest BCUT2D eigenvalue weighted by molar-refractivity contribution is 6.32. The highest BCUT2D eigenvalue weighted by atomic mass is 35.5. The first-order valence-corrected chi connectivity index (χ1v) is 4.84. The monoisotopic (exact) mass is 268 g/mol. The minimum absolute atomic E-state index is 0.0263. The van der Waals surface area contributed by atoms with Gasteiger partial charge in [-0.3, -0.25) is 10.1 Å². The maximum atomic E-state index is 12.1. The van der Waals surface area contributed by atoms with Crippen molar-refractivity contribution in [2.75, 3.05) is 0 Å². The van der Waals surface area contributed by atoms with Crippen LogP contribution in [-0.2, 0) is 0 Å². The van der Waals surface area contributed by atoms with Crippen LogP contribution in [0.25, 0.3) is 0 Å². The number of nitrogens with two attached hydrogens (primary N) is 1. The number of hydrogen-bond acceptors (Lipinski definition) is 3. The third-order valence-corrected chi connectivity index (χ3v) is 2.37. The fourth-order valence-corrected chi connectivity index (χ4v) is 1.45. The van der Waals surface area contributed by atoms with Crippen LogP contribution in [0.15, 0.2) is 18.2 Å². The second kappa shape index (κ2) is 4.89. The second-order valence-corrected chi connectivity index (χ2v) is 3.80. The summed E-state index contributed by atoms with van der Waals surface area (Å²) in [4.78, 5) is 9.77. The summed E-state index contributed by atoms with van der Waals surface area (Å²) in [5.41, 5.74) is 4.88. The van der Waals surface area contributed by atoms with Crippen LogP contribution < -0.4 is 5.73 Å². The van der Waals surface area contributed by atoms with Crippen LogP contribution in [-0.4, -0.2) is 11.1 Å². The highest BCUT2D eigenvalue weighted by Crippen LogP contribution is 2.32. The highest BCUT2D eigenvalue weighted by Gasteiger charge is 2.31. The Morgan fingerprint density at radius 3 is 2.53 bits per heavy atom. The Morgan fingerprint density at radius 2 is 2.06 bits per heavy atom. The summed E-state index contributed by atoms with van der Waals surface area (Å²) in [7, 11) is 0. The molecule has 0 bridgehead atoms. The Morgan fingerprint density at radius 1 is 1.47 bits per heavy atom. The van der Waals surface area contributed by atoms with E-state index in [1.165, 1.54) is 6.07 Å². The number of nitro benzene ring substituents is 1. The van der Waals surface area contributed by atoms with Gasteiger partial charge in [-0.15, -0.1) is 0 Å². The van der Waals surface area contributed by atoms with E-state index in [1.807, 2.05) is 0 Å². The van der Waals surface area contributed by atoms with Crippen molar-refractivity contribution in [2.24, 2.45) is 5.73 Å². The zero-order valence-electron chi connectivity index (χ0n) is 8.37. The molecule has 1 atom stereocenters. The molecule has 0 aliphatic heterocycles. The molecule has 0 aliphatic rings. The van der Waals surface area contributed by atoms with Crippen LogP contribution in [0.4, 0.5) is 18.9 Å². The minimum Gasteiger partial charge on any atom is -0.324 e. The van der Waals surface area contributed by atoms with Crippen LogP contribution in [0.2, 0.25) is 5.02 Å². The summed E-state index contributed by atoms with van der Waals surface area (Å²) in [6.07, 6.45) is -5.67. The lowest BCUT2D eigenvalue weighted by Crippen LogP contribution is -2.20. The summed E-state index contributed by atoms with van der Waals surface area (Å²) >= 11 is 5.52. The van der Waals surface area contributed by atoms with Crippen molar-refractivity contribution >= 4 is 17.3 Å². The van der Waals surface area contributed by atoms with E-state index in [0.29, 0.717) is 0 Å². The normalized spacial score (nSPS) is 13.5. The van der Waals surface area contributed by atoms with E-state index in [-0.39, 0.29) is 10.6 Å². The molecule has 1 aromatic carbocycles. The molecule has 8 heteroatoms. The lowest BCUT2D eigenvalue weighted by molar-refractivity contribution is -0.384. The van der Waals surface area contributed by atoms with Crippen LogP contribution in [0, 0.1) is 10.1 Å². The maximum absolute atomic E-state index is 12.1. The number of benzene rings is 1. The summed E-state index contributed by atoms with van der Waals surface area (Å²) in [5, 5.41) is 10.4. The Bertz CT molecular complexity index is 437. The van der Waals surface area contributed by atoms with Crippen molar-refractivity contribution < 1.29 is 18.1 Å². The number of halogens is 4. The van der Waals surface area contributed by atoms with Crippen molar-refractivity contribution in [3.05, 3.63) is 38.9 Å². The molecule has 17 heavy (non-hydrogen) atoms. The van der Waals surface area contributed by atoms with Gasteiger partial charge in [0.1, 0.15) is 5.02 Å². The fraction of sp³-hybridized carbons (Fsp3) is 0.333. The zero-order valence-corrected chi connectivity index (χ0v) is 9.13. The van der Waals surface area contributed by atoms with E-state index in [4.69, 9.17) is 17.3 Å². The van der Waals surface area contributed by atoms with Gasteiger partial charge < -0.3 is 5.73 Å². The number of nitro groups is 1. The van der Waals surface area contributed by atoms with Gasteiger partial charge in [0.15, 0.2) is 0 Å². The van der Waals surface area contributed by atoms with Gasteiger partial charge in [0.2, 0.25) is 0 Å². The molecule has 0 saturated carbocycles. The average Bonchev–Trinajstić information content (AvgIpc) is 2.14. The van der Waals surface area contributed by atoms with Gasteiger partial charge >= 0.3 is 6.18 Å². The topological polar surface area (TPSA) is 69.2 Å². The molecule has 1 aromatic rings. The van der Waals surface area contributed by atoms with Gasteiger partial charge in [0.05, 0.1) is 11.3 Å². The van der Waals surface area contributed by atoms with E-state index in [2.05, 4.69) is 0 Å². The first kappa shape index (κ1) is 13.7.